The summed E-state index contributed by atoms with van der Waals surface area (Å²) in [7, 11) is 3.23. The molecule has 1 N–H and O–H groups in total. The van der Waals surface area contributed by atoms with Crippen LogP contribution in [0.3, 0.4) is 0 Å². The van der Waals surface area contributed by atoms with Crippen LogP contribution >= 0.6 is 0 Å². The summed E-state index contributed by atoms with van der Waals surface area (Å²) in [6, 6.07) is 14.9. The molecular weight excluding hydrogens is 360 g/mol. The fraction of sp³-hybridized carbons (Fsp3) is 0.250. The van der Waals surface area contributed by atoms with E-state index in [1.807, 2.05) is 48.5 Å². The van der Waals surface area contributed by atoms with E-state index in [4.69, 9.17) is 14.2 Å². The van der Waals surface area contributed by atoms with Crippen LogP contribution in [0, 0.1) is 0 Å². The molecule has 0 aliphatic rings. The van der Waals surface area contributed by atoms with Gasteiger partial charge in [-0.05, 0) is 48.9 Å². The normalized spacial score (nSPS) is 10.4. The van der Waals surface area contributed by atoms with Crippen LogP contribution in [0.25, 0.3) is 0 Å². The van der Waals surface area contributed by atoms with Crippen molar-refractivity contribution < 1.29 is 19.0 Å². The number of ether oxygens (including phenoxy) is 3. The molecule has 0 spiro atoms. The van der Waals surface area contributed by atoms with Crippen molar-refractivity contribution in [1.29, 1.82) is 0 Å². The van der Waals surface area contributed by atoms with E-state index in [-0.39, 0.29) is 12.3 Å². The number of carbonyl (C=O) groups excluding carboxylic acids is 1. The molecule has 0 amide bonds. The van der Waals surface area contributed by atoms with Crippen LogP contribution in [0.2, 0.25) is 0 Å². The van der Waals surface area contributed by atoms with Gasteiger partial charge in [0, 0.05) is 5.69 Å². The second-order valence-electron chi connectivity index (χ2n) is 5.87. The average Bonchev–Trinajstić information content (AvgIpc) is 3.11. The summed E-state index contributed by atoms with van der Waals surface area (Å²) in [5.74, 6) is 1.44. The highest BCUT2D eigenvalue weighted by Gasteiger charge is 2.21. The van der Waals surface area contributed by atoms with Crippen LogP contribution in [0.1, 0.15) is 23.0 Å². The average molecular weight is 382 g/mol. The lowest BCUT2D eigenvalue weighted by molar-refractivity contribution is 0.0520. The number of nitrogens with one attached hydrogen (secondary N) is 1. The largest absolute Gasteiger partial charge is 0.497 e. The highest BCUT2D eigenvalue weighted by Crippen LogP contribution is 2.23. The summed E-state index contributed by atoms with van der Waals surface area (Å²) in [5.41, 5.74) is 1.88. The van der Waals surface area contributed by atoms with Crippen molar-refractivity contribution in [3.63, 3.8) is 0 Å². The smallest absolute Gasteiger partial charge is 0.362 e. The molecule has 0 bridgehead atoms. The zero-order valence-electron chi connectivity index (χ0n) is 16.0. The van der Waals surface area contributed by atoms with Gasteiger partial charge in [-0.25, -0.2) is 9.48 Å². The number of carbonyl (C=O) groups is 1. The number of rotatable bonds is 8. The number of aromatic nitrogens is 3. The van der Waals surface area contributed by atoms with Gasteiger partial charge in [0.05, 0.1) is 27.4 Å². The minimum absolute atomic E-state index is 0.131. The molecule has 1 aromatic heterocycles. The molecular formula is C20H22N4O4. The number of nitrogens with zero attached hydrogens (tertiary/aromatic N) is 3. The molecule has 0 saturated carbocycles. The van der Waals surface area contributed by atoms with Crippen LogP contribution in [0.4, 0.5) is 11.5 Å². The molecule has 8 heteroatoms. The van der Waals surface area contributed by atoms with E-state index in [9.17, 15) is 4.79 Å². The minimum Gasteiger partial charge on any atom is -0.497 e. The van der Waals surface area contributed by atoms with Gasteiger partial charge in [-0.15, -0.1) is 5.10 Å². The fourth-order valence-corrected chi connectivity index (χ4v) is 2.60. The monoisotopic (exact) mass is 382 g/mol. The molecule has 0 unspecified atom stereocenters. The van der Waals surface area contributed by atoms with Crippen molar-refractivity contribution in [3.8, 4) is 11.5 Å². The molecule has 0 aliphatic carbocycles. The van der Waals surface area contributed by atoms with Crippen LogP contribution in [-0.4, -0.2) is 41.8 Å². The summed E-state index contributed by atoms with van der Waals surface area (Å²) in [6.45, 7) is 2.43. The van der Waals surface area contributed by atoms with Gasteiger partial charge in [0.25, 0.3) is 0 Å². The Balaban J connectivity index is 1.90. The molecule has 2 aromatic carbocycles. The zero-order valence-corrected chi connectivity index (χ0v) is 16.0. The molecule has 0 fully saturated rings. The van der Waals surface area contributed by atoms with Crippen molar-refractivity contribution in [2.24, 2.45) is 0 Å². The highest BCUT2D eigenvalue weighted by molar-refractivity contribution is 5.93. The maximum absolute atomic E-state index is 12.3. The lowest BCUT2D eigenvalue weighted by atomic mass is 10.2. The van der Waals surface area contributed by atoms with Gasteiger partial charge in [0.2, 0.25) is 5.69 Å². The van der Waals surface area contributed by atoms with E-state index in [1.165, 1.54) is 0 Å². The van der Waals surface area contributed by atoms with Gasteiger partial charge in [-0.1, -0.05) is 17.3 Å². The molecule has 3 aromatic rings. The fourth-order valence-electron chi connectivity index (χ4n) is 2.60. The van der Waals surface area contributed by atoms with Crippen molar-refractivity contribution in [1.82, 2.24) is 15.0 Å². The van der Waals surface area contributed by atoms with Gasteiger partial charge in [0.1, 0.15) is 11.5 Å². The van der Waals surface area contributed by atoms with Crippen molar-refractivity contribution in [2.45, 2.75) is 13.5 Å². The first-order valence-electron chi connectivity index (χ1n) is 8.79. The predicted molar refractivity (Wildman–Crippen MR) is 104 cm³/mol. The Morgan fingerprint density at radius 3 is 2.18 bits per heavy atom. The van der Waals surface area contributed by atoms with E-state index >= 15 is 0 Å². The van der Waals surface area contributed by atoms with E-state index in [1.54, 1.807) is 25.8 Å². The second-order valence-corrected chi connectivity index (χ2v) is 5.87. The third-order valence-corrected chi connectivity index (χ3v) is 4.05. The van der Waals surface area contributed by atoms with Crippen molar-refractivity contribution in [2.75, 3.05) is 26.1 Å². The first kappa shape index (κ1) is 19.2. The molecule has 8 nitrogen and oxygen atoms in total. The Kier molecular flexibility index (Phi) is 6.11. The van der Waals surface area contributed by atoms with Crippen LogP contribution in [0.15, 0.2) is 48.5 Å². The van der Waals surface area contributed by atoms with Gasteiger partial charge in [-0.2, -0.15) is 0 Å². The zero-order chi connectivity index (χ0) is 19.9. The second kappa shape index (κ2) is 8.90. The van der Waals surface area contributed by atoms with E-state index in [0.717, 1.165) is 22.7 Å². The first-order chi connectivity index (χ1) is 13.6. The predicted octanol–water partition coefficient (Wildman–Crippen LogP) is 3.26. The van der Waals surface area contributed by atoms with E-state index in [2.05, 4.69) is 15.6 Å². The number of hydrogen-bond donors (Lipinski definition) is 1. The van der Waals surface area contributed by atoms with Crippen molar-refractivity contribution >= 4 is 17.5 Å². The Hall–Kier alpha value is -3.55. The molecule has 0 atom stereocenters. The third-order valence-electron chi connectivity index (χ3n) is 4.05. The van der Waals surface area contributed by atoms with E-state index in [0.29, 0.717) is 12.4 Å². The maximum atomic E-state index is 12.3. The van der Waals surface area contributed by atoms with Crippen LogP contribution in [0.5, 0.6) is 11.5 Å². The minimum atomic E-state index is -0.528. The first-order valence-corrected chi connectivity index (χ1v) is 8.79. The highest BCUT2D eigenvalue weighted by atomic mass is 16.5. The number of methoxy groups -OCH3 is 2. The molecule has 0 saturated heterocycles. The maximum Gasteiger partial charge on any atom is 0.362 e. The van der Waals surface area contributed by atoms with Crippen molar-refractivity contribution in [3.05, 3.63) is 59.8 Å². The third kappa shape index (κ3) is 4.40. The van der Waals surface area contributed by atoms with E-state index < -0.39 is 5.97 Å². The quantitative estimate of drug-likeness (QED) is 0.598. The SMILES string of the molecule is CCOC(=O)c1nnn(Cc2ccc(OC)cc2)c1Nc1ccc(OC)cc1. The summed E-state index contributed by atoms with van der Waals surface area (Å²) in [4.78, 5) is 12.3. The number of hydrogen-bond acceptors (Lipinski definition) is 7. The molecule has 1 heterocycles. The Morgan fingerprint density at radius 2 is 1.61 bits per heavy atom. The molecule has 3 rings (SSSR count). The van der Waals surface area contributed by atoms with Crippen LogP contribution in [-0.2, 0) is 11.3 Å². The summed E-state index contributed by atoms with van der Waals surface area (Å²) >= 11 is 0. The molecule has 0 aliphatic heterocycles. The van der Waals surface area contributed by atoms with Gasteiger partial charge in [0.15, 0.2) is 5.82 Å². The summed E-state index contributed by atoms with van der Waals surface area (Å²) < 4.78 is 17.1. The summed E-state index contributed by atoms with van der Waals surface area (Å²) in [5, 5.41) is 11.4. The number of anilines is 2. The van der Waals surface area contributed by atoms with Gasteiger partial charge < -0.3 is 19.5 Å². The van der Waals surface area contributed by atoms with Crippen LogP contribution < -0.4 is 14.8 Å². The Labute approximate surface area is 163 Å². The Morgan fingerprint density at radius 1 is 1.00 bits per heavy atom. The Bertz CT molecular complexity index is 920. The van der Waals surface area contributed by atoms with Gasteiger partial charge in [-0.3, -0.25) is 0 Å². The van der Waals surface area contributed by atoms with Gasteiger partial charge >= 0.3 is 5.97 Å². The molecule has 28 heavy (non-hydrogen) atoms. The molecule has 146 valence electrons. The standard InChI is InChI=1S/C20H22N4O4/c1-4-28-20(25)18-19(21-15-7-11-17(27-3)12-8-15)24(23-22-18)13-14-5-9-16(26-2)10-6-14/h5-12,21H,4,13H2,1-3H3. The number of esters is 1. The summed E-state index contributed by atoms with van der Waals surface area (Å²) in [6.07, 6.45) is 0. The molecule has 0 radical (unpaired) electrons. The lowest BCUT2D eigenvalue weighted by Gasteiger charge is -2.11. The topological polar surface area (TPSA) is 87.5 Å². The lowest BCUT2D eigenvalue weighted by Crippen LogP contribution is -2.11. The number of benzene rings is 2.